The highest BCUT2D eigenvalue weighted by atomic mass is 32.2. The number of fused-ring (bicyclic) bond motifs is 3. The molecule has 0 spiro atoms. The fourth-order valence-corrected chi connectivity index (χ4v) is 7.39. The number of sulfonamides is 1. The van der Waals surface area contributed by atoms with Crippen molar-refractivity contribution in [1.29, 1.82) is 0 Å². The number of carbonyl (C=O) groups is 1. The molecule has 2 unspecified atom stereocenters. The Hall–Kier alpha value is -2.55. The molecule has 6 nitrogen and oxygen atoms in total. The van der Waals surface area contributed by atoms with Gasteiger partial charge in [0.2, 0.25) is 10.0 Å². The monoisotopic (exact) mass is 467 g/mol. The van der Waals surface area contributed by atoms with Crippen molar-refractivity contribution in [3.05, 3.63) is 64.5 Å². The highest BCUT2D eigenvalue weighted by Crippen LogP contribution is 2.40. The molecule has 0 radical (unpaired) electrons. The first-order valence-corrected chi connectivity index (χ1v) is 13.1. The molecule has 1 fully saturated rings. The molecular weight excluding hydrogens is 442 g/mol. The second-order valence-corrected chi connectivity index (χ2v) is 11.9. The molecular formula is C24H25N3O3S2. The number of carbonyl (C=O) groups excluding carboxylic acids is 1. The summed E-state index contributed by atoms with van der Waals surface area (Å²) in [6.45, 7) is 5.23. The number of thiazole rings is 1. The summed E-state index contributed by atoms with van der Waals surface area (Å²) in [6.07, 6.45) is 1.87. The molecule has 1 amide bonds. The quantitative estimate of drug-likeness (QED) is 0.474. The molecule has 0 saturated carbocycles. The van der Waals surface area contributed by atoms with E-state index in [-0.39, 0.29) is 10.8 Å². The predicted molar refractivity (Wildman–Crippen MR) is 126 cm³/mol. The van der Waals surface area contributed by atoms with Gasteiger partial charge in [0.1, 0.15) is 0 Å². The topological polar surface area (TPSA) is 79.4 Å². The first kappa shape index (κ1) is 21.3. The standard InChI is InChI=1S/C24H25N3O3S2/c1-15-11-16(2)14-27(13-15)32(29,30)19-9-7-17(8-10-19)23(28)26-24-25-22-20-6-4-3-5-18(20)12-21(22)31-24/h3-10,15-16H,11-14H2,1-2H3,(H,25,26,28). The van der Waals surface area contributed by atoms with Gasteiger partial charge in [-0.15, -0.1) is 11.3 Å². The third kappa shape index (κ3) is 3.87. The number of anilines is 1. The van der Waals surface area contributed by atoms with Crippen molar-refractivity contribution in [2.24, 2.45) is 11.8 Å². The van der Waals surface area contributed by atoms with Crippen LogP contribution in [0.5, 0.6) is 0 Å². The maximum absolute atomic E-state index is 13.0. The Morgan fingerprint density at radius 3 is 2.47 bits per heavy atom. The van der Waals surface area contributed by atoms with E-state index in [9.17, 15) is 13.2 Å². The van der Waals surface area contributed by atoms with Crippen LogP contribution < -0.4 is 5.32 Å². The fraction of sp³-hybridized carbons (Fsp3) is 0.333. The third-order valence-corrected chi connectivity index (χ3v) is 8.95. The average molecular weight is 468 g/mol. The van der Waals surface area contributed by atoms with Crippen molar-refractivity contribution >= 4 is 32.4 Å². The number of rotatable bonds is 4. The van der Waals surface area contributed by atoms with Crippen LogP contribution in [0.15, 0.2) is 53.4 Å². The summed E-state index contributed by atoms with van der Waals surface area (Å²) >= 11 is 1.48. The van der Waals surface area contributed by atoms with Gasteiger partial charge in [0.25, 0.3) is 5.91 Å². The zero-order chi connectivity index (χ0) is 22.5. The number of amides is 1. The van der Waals surface area contributed by atoms with E-state index in [4.69, 9.17) is 0 Å². The van der Waals surface area contributed by atoms with Gasteiger partial charge in [0.05, 0.1) is 10.6 Å². The molecule has 1 saturated heterocycles. The van der Waals surface area contributed by atoms with Gasteiger partial charge >= 0.3 is 0 Å². The zero-order valence-corrected chi connectivity index (χ0v) is 19.7. The molecule has 5 rings (SSSR count). The Balaban J connectivity index is 1.30. The number of hydrogen-bond acceptors (Lipinski definition) is 5. The van der Waals surface area contributed by atoms with Gasteiger partial charge < -0.3 is 0 Å². The molecule has 2 aromatic carbocycles. The molecule has 1 aliphatic heterocycles. The number of piperidine rings is 1. The molecule has 2 atom stereocenters. The second kappa shape index (κ2) is 8.10. The van der Waals surface area contributed by atoms with E-state index < -0.39 is 10.0 Å². The van der Waals surface area contributed by atoms with E-state index in [1.807, 2.05) is 12.1 Å². The lowest BCUT2D eigenvalue weighted by Gasteiger charge is -2.34. The number of benzene rings is 2. The first-order valence-electron chi connectivity index (χ1n) is 10.8. The molecule has 2 heterocycles. The number of nitrogens with one attached hydrogen (secondary N) is 1. The minimum absolute atomic E-state index is 0.222. The van der Waals surface area contributed by atoms with Crippen molar-refractivity contribution in [2.75, 3.05) is 18.4 Å². The van der Waals surface area contributed by atoms with Crippen molar-refractivity contribution < 1.29 is 13.2 Å². The van der Waals surface area contributed by atoms with Crippen LogP contribution in [0.3, 0.4) is 0 Å². The van der Waals surface area contributed by atoms with Crippen molar-refractivity contribution in [2.45, 2.75) is 31.6 Å². The van der Waals surface area contributed by atoms with Gasteiger partial charge in [-0.05, 0) is 48.1 Å². The predicted octanol–water partition coefficient (Wildman–Crippen LogP) is 4.63. The lowest BCUT2D eigenvalue weighted by Crippen LogP contribution is -2.42. The van der Waals surface area contributed by atoms with E-state index in [1.165, 1.54) is 29.0 Å². The van der Waals surface area contributed by atoms with Crippen LogP contribution in [0, 0.1) is 11.8 Å². The third-order valence-electron chi connectivity index (χ3n) is 6.13. The minimum atomic E-state index is -3.56. The van der Waals surface area contributed by atoms with E-state index in [0.717, 1.165) is 29.0 Å². The Kier molecular flexibility index (Phi) is 5.39. The highest BCUT2D eigenvalue weighted by Gasteiger charge is 2.31. The lowest BCUT2D eigenvalue weighted by atomic mass is 9.94. The van der Waals surface area contributed by atoms with Crippen LogP contribution in [0.1, 0.15) is 41.1 Å². The Bertz CT molecular complexity index is 1270. The summed E-state index contributed by atoms with van der Waals surface area (Å²) in [5.41, 5.74) is 3.72. The van der Waals surface area contributed by atoms with Gasteiger partial charge in [0, 0.05) is 35.5 Å². The highest BCUT2D eigenvalue weighted by molar-refractivity contribution is 7.89. The smallest absolute Gasteiger partial charge is 0.257 e. The largest absolute Gasteiger partial charge is 0.298 e. The van der Waals surface area contributed by atoms with E-state index >= 15 is 0 Å². The van der Waals surface area contributed by atoms with Gasteiger partial charge in [0.15, 0.2) is 5.13 Å². The SMILES string of the molecule is CC1CC(C)CN(S(=O)(=O)c2ccc(C(=O)Nc3nc4c(s3)Cc3ccccc3-4)cc2)C1. The molecule has 2 aliphatic rings. The number of aromatic nitrogens is 1. The van der Waals surface area contributed by atoms with Crippen LogP contribution in [0.4, 0.5) is 5.13 Å². The van der Waals surface area contributed by atoms with Gasteiger partial charge in [-0.2, -0.15) is 4.31 Å². The van der Waals surface area contributed by atoms with Crippen molar-refractivity contribution in [3.63, 3.8) is 0 Å². The minimum Gasteiger partial charge on any atom is -0.298 e. The first-order chi connectivity index (χ1) is 15.3. The number of hydrogen-bond donors (Lipinski definition) is 1. The van der Waals surface area contributed by atoms with Crippen LogP contribution in [-0.2, 0) is 16.4 Å². The Morgan fingerprint density at radius 1 is 1.06 bits per heavy atom. The van der Waals surface area contributed by atoms with Crippen LogP contribution in [-0.4, -0.2) is 36.7 Å². The zero-order valence-electron chi connectivity index (χ0n) is 18.0. The van der Waals surface area contributed by atoms with Crippen molar-refractivity contribution in [3.8, 4) is 11.3 Å². The molecule has 0 bridgehead atoms. The number of nitrogens with zero attached hydrogens (tertiary/aromatic N) is 2. The van der Waals surface area contributed by atoms with Crippen molar-refractivity contribution in [1.82, 2.24) is 9.29 Å². The van der Waals surface area contributed by atoms with Crippen LogP contribution >= 0.6 is 11.3 Å². The summed E-state index contributed by atoms with van der Waals surface area (Å²) in [4.78, 5) is 18.7. The Labute approximate surface area is 192 Å². The molecule has 32 heavy (non-hydrogen) atoms. The average Bonchev–Trinajstić information content (AvgIpc) is 3.30. The van der Waals surface area contributed by atoms with E-state index in [1.54, 1.807) is 16.4 Å². The van der Waals surface area contributed by atoms with E-state index in [0.29, 0.717) is 35.6 Å². The van der Waals surface area contributed by atoms with E-state index in [2.05, 4.69) is 36.3 Å². The summed E-state index contributed by atoms with van der Waals surface area (Å²) in [5.74, 6) is 0.380. The van der Waals surface area contributed by atoms with Gasteiger partial charge in [-0.25, -0.2) is 13.4 Å². The molecule has 8 heteroatoms. The maximum Gasteiger partial charge on any atom is 0.257 e. The summed E-state index contributed by atoms with van der Waals surface area (Å²) in [6, 6.07) is 14.3. The molecule has 1 aliphatic carbocycles. The van der Waals surface area contributed by atoms with Gasteiger partial charge in [-0.1, -0.05) is 38.1 Å². The lowest BCUT2D eigenvalue weighted by molar-refractivity contribution is 0.102. The molecule has 166 valence electrons. The fourth-order valence-electron chi connectivity index (χ4n) is 4.71. The Morgan fingerprint density at radius 2 is 1.75 bits per heavy atom. The summed E-state index contributed by atoms with van der Waals surface area (Å²) in [7, 11) is -3.56. The normalized spacial score (nSPS) is 20.6. The molecule has 1 N–H and O–H groups in total. The summed E-state index contributed by atoms with van der Waals surface area (Å²) in [5, 5.41) is 3.42. The van der Waals surface area contributed by atoms with Crippen LogP contribution in [0.25, 0.3) is 11.3 Å². The van der Waals surface area contributed by atoms with Crippen LogP contribution in [0.2, 0.25) is 0 Å². The van der Waals surface area contributed by atoms with Gasteiger partial charge in [-0.3, -0.25) is 10.1 Å². The maximum atomic E-state index is 13.0. The summed E-state index contributed by atoms with van der Waals surface area (Å²) < 4.78 is 27.7. The molecule has 3 aromatic rings. The molecule has 1 aromatic heterocycles. The second-order valence-electron chi connectivity index (χ2n) is 8.87.